The van der Waals surface area contributed by atoms with Gasteiger partial charge in [0.05, 0.1) is 6.10 Å². The van der Waals surface area contributed by atoms with E-state index in [9.17, 15) is 14.7 Å². The van der Waals surface area contributed by atoms with Crippen LogP contribution in [0.5, 0.6) is 0 Å². The quantitative estimate of drug-likeness (QED) is 0.490. The number of allylic oxidation sites excluding steroid dienone is 2. The van der Waals surface area contributed by atoms with Crippen molar-refractivity contribution in [1.29, 1.82) is 0 Å². The maximum Gasteiger partial charge on any atom is 0.160 e. The van der Waals surface area contributed by atoms with Crippen LogP contribution in [-0.4, -0.2) is 22.8 Å². The Morgan fingerprint density at radius 3 is 2.12 bits per heavy atom. The highest BCUT2D eigenvalue weighted by Crippen LogP contribution is 2.74. The van der Waals surface area contributed by atoms with Crippen LogP contribution >= 0.6 is 0 Å². The number of ketones is 2. The van der Waals surface area contributed by atoms with Crippen molar-refractivity contribution in [2.45, 2.75) is 113 Å². The summed E-state index contributed by atoms with van der Waals surface area (Å²) in [4.78, 5) is 28.2. The zero-order valence-electron chi connectivity index (χ0n) is 22.3. The minimum Gasteiger partial charge on any atom is -0.393 e. The van der Waals surface area contributed by atoms with Gasteiger partial charge in [-0.05, 0) is 78.4 Å². The van der Waals surface area contributed by atoms with Gasteiger partial charge in [-0.1, -0.05) is 55.4 Å². The second-order valence-electron chi connectivity index (χ2n) is 14.6. The van der Waals surface area contributed by atoms with E-state index >= 15 is 0 Å². The Balaban J connectivity index is 1.67. The third-order valence-electron chi connectivity index (χ3n) is 12.7. The molecule has 33 heavy (non-hydrogen) atoms. The summed E-state index contributed by atoms with van der Waals surface area (Å²) in [5, 5.41) is 10.8. The third kappa shape index (κ3) is 2.67. The van der Waals surface area contributed by atoms with E-state index in [1.165, 1.54) is 12.8 Å². The standard InChI is InChI=1S/C30H46O3/c1-17(2)18-9-10-21-27(18,5)13-14-29(7)25-19(31)15-22-26(3,4)23(33)11-12-28(22,6)24(25)20(32)16-30(21,29)8/h17-18,21-23,33H,9-16H2,1-8H3/t18-,21-,22+,23+,27-,28+,29-,30+/m1/s1. The van der Waals surface area contributed by atoms with Crippen LogP contribution in [0.2, 0.25) is 0 Å². The Morgan fingerprint density at radius 2 is 1.48 bits per heavy atom. The van der Waals surface area contributed by atoms with Gasteiger partial charge in [0.15, 0.2) is 11.6 Å². The summed E-state index contributed by atoms with van der Waals surface area (Å²) in [6.07, 6.45) is 6.80. The molecule has 1 N–H and O–H groups in total. The van der Waals surface area contributed by atoms with Gasteiger partial charge in [0.25, 0.3) is 0 Å². The molecule has 8 atom stereocenters. The monoisotopic (exact) mass is 454 g/mol. The number of Topliss-reactive ketones (excluding diaryl/α,β-unsaturated/α-hetero) is 2. The lowest BCUT2D eigenvalue weighted by molar-refractivity contribution is -0.155. The van der Waals surface area contributed by atoms with Gasteiger partial charge in [-0.25, -0.2) is 0 Å². The summed E-state index contributed by atoms with van der Waals surface area (Å²) in [5.41, 5.74) is 1.03. The molecule has 5 rings (SSSR count). The van der Waals surface area contributed by atoms with Crippen LogP contribution in [-0.2, 0) is 9.59 Å². The summed E-state index contributed by atoms with van der Waals surface area (Å²) in [6, 6.07) is 0. The summed E-state index contributed by atoms with van der Waals surface area (Å²) >= 11 is 0. The maximum atomic E-state index is 14.2. The molecule has 0 unspecified atom stereocenters. The average Bonchev–Trinajstić information content (AvgIpc) is 3.07. The smallest absolute Gasteiger partial charge is 0.160 e. The van der Waals surface area contributed by atoms with E-state index in [4.69, 9.17) is 0 Å². The molecule has 0 aromatic carbocycles. The second-order valence-corrected chi connectivity index (χ2v) is 14.6. The van der Waals surface area contributed by atoms with Crippen LogP contribution in [0, 0.1) is 50.7 Å². The largest absolute Gasteiger partial charge is 0.393 e. The number of carbonyl (C=O) groups excluding carboxylic acids is 2. The van der Waals surface area contributed by atoms with Crippen LogP contribution in [0.3, 0.4) is 0 Å². The molecule has 5 aliphatic rings. The van der Waals surface area contributed by atoms with E-state index in [0.717, 1.165) is 30.4 Å². The summed E-state index contributed by atoms with van der Waals surface area (Å²) in [5.74, 6) is 2.35. The number of aliphatic hydroxyl groups excluding tert-OH is 1. The molecule has 0 radical (unpaired) electrons. The number of carbonyl (C=O) groups is 2. The SMILES string of the molecule is CC(C)[C@H]1CC[C@@H]2[C@]1(C)CC[C@]1(C)C3=C(C(=O)C[C@@]21C)[C@@]1(C)CC[C@H](O)C(C)(C)[C@@H]1CC3=O. The fraction of sp³-hybridized carbons (Fsp3) is 0.867. The van der Waals surface area contributed by atoms with Crippen molar-refractivity contribution in [2.75, 3.05) is 0 Å². The van der Waals surface area contributed by atoms with Gasteiger partial charge in [-0.15, -0.1) is 0 Å². The summed E-state index contributed by atoms with van der Waals surface area (Å²) in [7, 11) is 0. The van der Waals surface area contributed by atoms with Crippen LogP contribution < -0.4 is 0 Å². The molecule has 3 saturated carbocycles. The predicted molar refractivity (Wildman–Crippen MR) is 131 cm³/mol. The Hall–Kier alpha value is -0.960. The van der Waals surface area contributed by atoms with Crippen LogP contribution in [0.1, 0.15) is 107 Å². The van der Waals surface area contributed by atoms with Gasteiger partial charge < -0.3 is 5.11 Å². The van der Waals surface area contributed by atoms with Gasteiger partial charge in [0.1, 0.15) is 0 Å². The first-order chi connectivity index (χ1) is 15.1. The van der Waals surface area contributed by atoms with E-state index < -0.39 is 6.10 Å². The lowest BCUT2D eigenvalue weighted by atomic mass is 9.37. The van der Waals surface area contributed by atoms with Gasteiger partial charge >= 0.3 is 0 Å². The minimum absolute atomic E-state index is 0.0302. The second kappa shape index (κ2) is 6.83. The average molecular weight is 455 g/mol. The molecule has 0 aromatic rings. The molecule has 0 bridgehead atoms. The third-order valence-corrected chi connectivity index (χ3v) is 12.7. The lowest BCUT2D eigenvalue weighted by Gasteiger charge is -2.66. The molecule has 184 valence electrons. The van der Waals surface area contributed by atoms with Crippen molar-refractivity contribution in [2.24, 2.45) is 50.7 Å². The molecule has 0 amide bonds. The Morgan fingerprint density at radius 1 is 0.818 bits per heavy atom. The highest BCUT2D eigenvalue weighted by molar-refractivity contribution is 6.11. The van der Waals surface area contributed by atoms with E-state index in [1.54, 1.807) is 0 Å². The fourth-order valence-electron chi connectivity index (χ4n) is 10.7. The van der Waals surface area contributed by atoms with Crippen LogP contribution in [0.4, 0.5) is 0 Å². The zero-order valence-corrected chi connectivity index (χ0v) is 22.3. The molecule has 3 heteroatoms. The maximum absolute atomic E-state index is 14.2. The molecular weight excluding hydrogens is 408 g/mol. The Labute approximate surface area is 201 Å². The molecule has 0 heterocycles. The van der Waals surface area contributed by atoms with E-state index in [-0.39, 0.29) is 44.6 Å². The number of fused-ring (bicyclic) bond motifs is 6. The van der Waals surface area contributed by atoms with E-state index in [1.807, 2.05) is 0 Å². The minimum atomic E-state index is -0.410. The van der Waals surface area contributed by atoms with Crippen molar-refractivity contribution in [1.82, 2.24) is 0 Å². The Bertz CT molecular complexity index is 942. The fourth-order valence-corrected chi connectivity index (χ4v) is 10.7. The van der Waals surface area contributed by atoms with Gasteiger partial charge in [-0.3, -0.25) is 9.59 Å². The van der Waals surface area contributed by atoms with Crippen LogP contribution in [0.25, 0.3) is 0 Å². The summed E-state index contributed by atoms with van der Waals surface area (Å²) in [6.45, 7) is 18.4. The first-order valence-corrected chi connectivity index (χ1v) is 13.6. The number of hydrogen-bond donors (Lipinski definition) is 1. The zero-order chi connectivity index (χ0) is 24.4. The van der Waals surface area contributed by atoms with Crippen molar-refractivity contribution in [3.05, 3.63) is 11.1 Å². The molecule has 3 nitrogen and oxygen atoms in total. The molecule has 0 aromatic heterocycles. The molecule has 5 aliphatic carbocycles. The first-order valence-electron chi connectivity index (χ1n) is 13.6. The number of aliphatic hydroxyl groups is 1. The molecule has 3 fully saturated rings. The van der Waals surface area contributed by atoms with Crippen molar-refractivity contribution >= 4 is 11.6 Å². The highest BCUT2D eigenvalue weighted by Gasteiger charge is 2.70. The molecule has 0 spiro atoms. The lowest BCUT2D eigenvalue weighted by Crippen LogP contribution is -2.62. The van der Waals surface area contributed by atoms with Gasteiger partial charge in [-0.2, -0.15) is 0 Å². The van der Waals surface area contributed by atoms with Gasteiger partial charge in [0, 0.05) is 34.8 Å². The first kappa shape index (κ1) is 23.8. The topological polar surface area (TPSA) is 54.4 Å². The molecule has 0 saturated heterocycles. The van der Waals surface area contributed by atoms with Gasteiger partial charge in [0.2, 0.25) is 0 Å². The summed E-state index contributed by atoms with van der Waals surface area (Å²) < 4.78 is 0. The van der Waals surface area contributed by atoms with E-state index in [2.05, 4.69) is 55.4 Å². The normalized spacial score (nSPS) is 51.2. The molecule has 0 aliphatic heterocycles. The van der Waals surface area contributed by atoms with Crippen LogP contribution in [0.15, 0.2) is 11.1 Å². The van der Waals surface area contributed by atoms with Crippen molar-refractivity contribution in [3.63, 3.8) is 0 Å². The van der Waals surface area contributed by atoms with Crippen molar-refractivity contribution < 1.29 is 14.7 Å². The highest BCUT2D eigenvalue weighted by atomic mass is 16.3. The Kier molecular flexibility index (Phi) is 4.92. The van der Waals surface area contributed by atoms with Crippen molar-refractivity contribution in [3.8, 4) is 0 Å². The molecular formula is C30H46O3. The number of rotatable bonds is 1. The van der Waals surface area contributed by atoms with E-state index in [0.29, 0.717) is 37.0 Å². The predicted octanol–water partition coefficient (Wildman–Crippen LogP) is 6.53. The number of hydrogen-bond acceptors (Lipinski definition) is 3.